The minimum Gasteiger partial charge on any atom is -0.352 e. The van der Waals surface area contributed by atoms with Gasteiger partial charge in [0.25, 0.3) is 0 Å². The molecule has 6 nitrogen and oxygen atoms in total. The number of carbonyl (C=O) groups excluding carboxylic acids is 1. The van der Waals surface area contributed by atoms with Crippen molar-refractivity contribution in [2.24, 2.45) is 0 Å². The normalized spacial score (nSPS) is 10.3. The summed E-state index contributed by atoms with van der Waals surface area (Å²) in [6, 6.07) is 7.85. The van der Waals surface area contributed by atoms with Crippen LogP contribution in [0, 0.1) is 6.92 Å². The van der Waals surface area contributed by atoms with Gasteiger partial charge in [0.05, 0.1) is 5.75 Å². The zero-order chi connectivity index (χ0) is 15.2. The zero-order valence-corrected chi connectivity index (χ0v) is 12.6. The lowest BCUT2D eigenvalue weighted by atomic mass is 10.1. The number of nitrogens with one attached hydrogen (secondary N) is 1. The maximum Gasteiger partial charge on any atom is 0.230 e. The molecule has 7 heteroatoms. The summed E-state index contributed by atoms with van der Waals surface area (Å²) in [4.78, 5) is 11.5. The summed E-state index contributed by atoms with van der Waals surface area (Å²) < 4.78 is 1.40. The van der Waals surface area contributed by atoms with Crippen LogP contribution >= 0.6 is 11.8 Å². The third kappa shape index (κ3) is 3.85. The van der Waals surface area contributed by atoms with E-state index in [4.69, 9.17) is 5.84 Å². The van der Waals surface area contributed by atoms with Crippen LogP contribution in [0.25, 0.3) is 11.4 Å². The van der Waals surface area contributed by atoms with E-state index >= 15 is 0 Å². The largest absolute Gasteiger partial charge is 0.352 e. The number of benzene rings is 1. The van der Waals surface area contributed by atoms with Crippen molar-refractivity contribution in [2.45, 2.75) is 12.1 Å². The van der Waals surface area contributed by atoms with E-state index in [1.807, 2.05) is 31.2 Å². The highest BCUT2D eigenvalue weighted by atomic mass is 32.2. The van der Waals surface area contributed by atoms with Crippen molar-refractivity contribution in [1.29, 1.82) is 0 Å². The number of nitrogens with zero attached hydrogens (tertiary/aromatic N) is 3. The van der Waals surface area contributed by atoms with Crippen LogP contribution in [0.1, 0.15) is 5.56 Å². The lowest BCUT2D eigenvalue weighted by molar-refractivity contribution is -0.118. The molecule has 110 valence electrons. The number of nitrogen functional groups attached to an aromatic ring is 1. The fourth-order valence-corrected chi connectivity index (χ4v) is 2.33. The van der Waals surface area contributed by atoms with Crippen molar-refractivity contribution in [3.63, 3.8) is 0 Å². The second-order valence-corrected chi connectivity index (χ2v) is 5.37. The maximum atomic E-state index is 11.5. The number of aryl methyl sites for hydroxylation is 1. The van der Waals surface area contributed by atoms with Crippen molar-refractivity contribution >= 4 is 17.7 Å². The molecular formula is C14H17N5OS. The third-order valence-corrected chi connectivity index (χ3v) is 3.69. The van der Waals surface area contributed by atoms with Gasteiger partial charge < -0.3 is 11.2 Å². The molecule has 0 bridgehead atoms. The molecule has 2 aromatic rings. The van der Waals surface area contributed by atoms with E-state index in [9.17, 15) is 4.79 Å². The number of aromatic nitrogens is 3. The second kappa shape index (κ2) is 6.94. The van der Waals surface area contributed by atoms with E-state index in [1.165, 1.54) is 16.4 Å². The van der Waals surface area contributed by atoms with Crippen LogP contribution in [0.5, 0.6) is 0 Å². The van der Waals surface area contributed by atoms with Crippen molar-refractivity contribution in [2.75, 3.05) is 18.1 Å². The van der Waals surface area contributed by atoms with Gasteiger partial charge in [0.15, 0.2) is 5.82 Å². The standard InChI is InChI=1S/C14H17N5OS/c1-3-8-16-12(20)9-21-14-18-17-13(19(14)15)11-6-4-10(2)5-7-11/h3-7H,1,8-9,15H2,2H3,(H,16,20). The molecule has 2 rings (SSSR count). The summed E-state index contributed by atoms with van der Waals surface area (Å²) >= 11 is 1.24. The second-order valence-electron chi connectivity index (χ2n) is 4.42. The Hall–Kier alpha value is -2.28. The van der Waals surface area contributed by atoms with E-state index in [1.54, 1.807) is 6.08 Å². The maximum absolute atomic E-state index is 11.5. The molecule has 1 heterocycles. The Bertz CT molecular complexity index is 635. The number of amides is 1. The van der Waals surface area contributed by atoms with Gasteiger partial charge in [0.2, 0.25) is 11.1 Å². The first kappa shape index (κ1) is 15.1. The van der Waals surface area contributed by atoms with Crippen LogP contribution in [0.4, 0.5) is 0 Å². The highest BCUT2D eigenvalue weighted by Gasteiger charge is 2.13. The molecule has 0 aliphatic heterocycles. The fourth-order valence-electron chi connectivity index (χ4n) is 1.64. The number of carbonyl (C=O) groups is 1. The highest BCUT2D eigenvalue weighted by Crippen LogP contribution is 2.21. The van der Waals surface area contributed by atoms with Gasteiger partial charge in [0.1, 0.15) is 0 Å². The number of thioether (sulfide) groups is 1. The van der Waals surface area contributed by atoms with Gasteiger partial charge in [-0.25, -0.2) is 4.68 Å². The Kier molecular flexibility index (Phi) is 4.99. The quantitative estimate of drug-likeness (QED) is 0.478. The Balaban J connectivity index is 2.05. The van der Waals surface area contributed by atoms with E-state index in [-0.39, 0.29) is 11.7 Å². The molecule has 21 heavy (non-hydrogen) atoms. The Labute approximate surface area is 127 Å². The van der Waals surface area contributed by atoms with Gasteiger partial charge in [0, 0.05) is 12.1 Å². The molecule has 0 spiro atoms. The molecule has 0 atom stereocenters. The average Bonchev–Trinajstić information content (AvgIpc) is 2.85. The average molecular weight is 303 g/mol. The lowest BCUT2D eigenvalue weighted by Gasteiger charge is -2.04. The van der Waals surface area contributed by atoms with Gasteiger partial charge in [-0.1, -0.05) is 47.7 Å². The number of hydrogen-bond donors (Lipinski definition) is 2. The Morgan fingerprint density at radius 3 is 2.81 bits per heavy atom. The summed E-state index contributed by atoms with van der Waals surface area (Å²) in [5, 5.41) is 11.3. The molecule has 3 N–H and O–H groups in total. The first-order valence-electron chi connectivity index (χ1n) is 6.39. The van der Waals surface area contributed by atoms with Crippen LogP contribution < -0.4 is 11.2 Å². The SMILES string of the molecule is C=CCNC(=O)CSc1nnc(-c2ccc(C)cc2)n1N. The van der Waals surface area contributed by atoms with Gasteiger partial charge in [-0.05, 0) is 6.92 Å². The molecule has 0 fully saturated rings. The van der Waals surface area contributed by atoms with Gasteiger partial charge in [-0.2, -0.15) is 0 Å². The van der Waals surface area contributed by atoms with Crippen molar-refractivity contribution in [3.8, 4) is 11.4 Å². The molecule has 0 aliphatic carbocycles. The van der Waals surface area contributed by atoms with E-state index in [0.717, 1.165) is 11.1 Å². The van der Waals surface area contributed by atoms with Crippen LogP contribution in [0.3, 0.4) is 0 Å². The number of nitrogens with two attached hydrogens (primary N) is 1. The summed E-state index contributed by atoms with van der Waals surface area (Å²) in [5.74, 6) is 6.69. The van der Waals surface area contributed by atoms with Crippen molar-refractivity contribution in [1.82, 2.24) is 20.2 Å². The van der Waals surface area contributed by atoms with Crippen LogP contribution in [-0.4, -0.2) is 33.1 Å². The highest BCUT2D eigenvalue weighted by molar-refractivity contribution is 7.99. The van der Waals surface area contributed by atoms with E-state index < -0.39 is 0 Å². The summed E-state index contributed by atoms with van der Waals surface area (Å²) in [6.07, 6.45) is 1.63. The minimum absolute atomic E-state index is 0.0974. The molecule has 0 saturated carbocycles. The smallest absolute Gasteiger partial charge is 0.230 e. The van der Waals surface area contributed by atoms with Crippen molar-refractivity contribution < 1.29 is 4.79 Å². The van der Waals surface area contributed by atoms with Gasteiger partial charge in [-0.3, -0.25) is 4.79 Å². The van der Waals surface area contributed by atoms with Gasteiger partial charge in [-0.15, -0.1) is 16.8 Å². The third-order valence-electron chi connectivity index (χ3n) is 2.75. The lowest BCUT2D eigenvalue weighted by Crippen LogP contribution is -2.25. The first-order valence-corrected chi connectivity index (χ1v) is 7.38. The topological polar surface area (TPSA) is 85.8 Å². The van der Waals surface area contributed by atoms with E-state index in [2.05, 4.69) is 22.1 Å². The molecule has 1 aromatic carbocycles. The van der Waals surface area contributed by atoms with Crippen LogP contribution in [0.2, 0.25) is 0 Å². The fraction of sp³-hybridized carbons (Fsp3) is 0.214. The summed E-state index contributed by atoms with van der Waals surface area (Å²) in [5.41, 5.74) is 2.05. The monoisotopic (exact) mass is 303 g/mol. The van der Waals surface area contributed by atoms with Crippen LogP contribution in [-0.2, 0) is 4.79 Å². The minimum atomic E-state index is -0.0974. The van der Waals surface area contributed by atoms with Crippen molar-refractivity contribution in [3.05, 3.63) is 42.5 Å². The molecule has 0 unspecified atom stereocenters. The number of rotatable bonds is 6. The number of hydrogen-bond acceptors (Lipinski definition) is 5. The van der Waals surface area contributed by atoms with Crippen LogP contribution in [0.15, 0.2) is 42.1 Å². The molecule has 1 amide bonds. The summed E-state index contributed by atoms with van der Waals surface area (Å²) in [6.45, 7) is 6.00. The van der Waals surface area contributed by atoms with E-state index in [0.29, 0.717) is 17.5 Å². The molecule has 0 saturated heterocycles. The Morgan fingerprint density at radius 1 is 1.43 bits per heavy atom. The Morgan fingerprint density at radius 2 is 2.14 bits per heavy atom. The molecule has 1 aromatic heterocycles. The molecule has 0 radical (unpaired) electrons. The predicted molar refractivity (Wildman–Crippen MR) is 84.3 cm³/mol. The summed E-state index contributed by atoms with van der Waals surface area (Å²) in [7, 11) is 0. The predicted octanol–water partition coefficient (Wildman–Crippen LogP) is 1.36. The zero-order valence-electron chi connectivity index (χ0n) is 11.7. The first-order chi connectivity index (χ1) is 10.1. The van der Waals surface area contributed by atoms with Gasteiger partial charge >= 0.3 is 0 Å². The molecule has 0 aliphatic rings. The molecular weight excluding hydrogens is 286 g/mol.